The predicted octanol–water partition coefficient (Wildman–Crippen LogP) is 5.21. The van der Waals surface area contributed by atoms with Crippen LogP contribution in [0.25, 0.3) is 5.69 Å². The van der Waals surface area contributed by atoms with Gasteiger partial charge in [-0.3, -0.25) is 5.10 Å². The van der Waals surface area contributed by atoms with E-state index in [2.05, 4.69) is 5.10 Å². The lowest BCUT2D eigenvalue weighted by atomic mass is 10.1. The molecule has 1 N–H and O–H groups in total. The molecule has 0 saturated heterocycles. The van der Waals surface area contributed by atoms with E-state index in [-0.39, 0.29) is 0 Å². The molecular formula is C15H15F3N2S. The van der Waals surface area contributed by atoms with Gasteiger partial charge >= 0.3 is 6.18 Å². The van der Waals surface area contributed by atoms with Gasteiger partial charge in [0.2, 0.25) is 0 Å². The molecule has 1 fully saturated rings. The van der Waals surface area contributed by atoms with Crippen molar-refractivity contribution < 1.29 is 13.2 Å². The molecule has 0 aliphatic heterocycles. The van der Waals surface area contributed by atoms with Gasteiger partial charge in [-0.05, 0) is 37.1 Å². The van der Waals surface area contributed by atoms with Crippen LogP contribution < -0.4 is 0 Å². The van der Waals surface area contributed by atoms with Crippen LogP contribution in [0.5, 0.6) is 0 Å². The molecule has 1 aromatic heterocycles. The molecule has 1 saturated carbocycles. The molecule has 0 atom stereocenters. The zero-order valence-electron chi connectivity index (χ0n) is 11.3. The Morgan fingerprint density at radius 3 is 2.52 bits per heavy atom. The molecule has 0 bridgehead atoms. The largest absolute Gasteiger partial charge is 0.416 e. The SMILES string of the molecule is FC(F)(F)c1cccc(-n2[nH]c(C3CCCC3)cc2=S)c1. The highest BCUT2D eigenvalue weighted by molar-refractivity contribution is 7.71. The Labute approximate surface area is 125 Å². The minimum Gasteiger partial charge on any atom is -0.297 e. The van der Waals surface area contributed by atoms with Crippen LogP contribution in [0, 0.1) is 4.64 Å². The summed E-state index contributed by atoms with van der Waals surface area (Å²) in [5, 5.41) is 3.16. The van der Waals surface area contributed by atoms with Crippen molar-refractivity contribution in [2.24, 2.45) is 0 Å². The first kappa shape index (κ1) is 14.4. The number of alkyl halides is 3. The number of aromatic nitrogens is 2. The highest BCUT2D eigenvalue weighted by Gasteiger charge is 2.30. The Balaban J connectivity index is 1.99. The lowest BCUT2D eigenvalue weighted by Gasteiger charge is -2.10. The van der Waals surface area contributed by atoms with Gasteiger partial charge in [0.15, 0.2) is 0 Å². The highest BCUT2D eigenvalue weighted by Crippen LogP contribution is 2.34. The van der Waals surface area contributed by atoms with Gasteiger partial charge in [0.1, 0.15) is 4.64 Å². The fourth-order valence-corrected chi connectivity index (χ4v) is 3.15. The predicted molar refractivity (Wildman–Crippen MR) is 77.2 cm³/mol. The molecule has 0 amide bonds. The minimum atomic E-state index is -4.35. The van der Waals surface area contributed by atoms with Crippen molar-refractivity contribution >= 4 is 12.2 Å². The van der Waals surface area contributed by atoms with Crippen molar-refractivity contribution in [3.63, 3.8) is 0 Å². The van der Waals surface area contributed by atoms with Gasteiger partial charge in [-0.1, -0.05) is 31.1 Å². The third-order valence-corrected chi connectivity index (χ3v) is 4.27. The number of H-pyrrole nitrogens is 1. The van der Waals surface area contributed by atoms with Gasteiger partial charge in [0.25, 0.3) is 0 Å². The van der Waals surface area contributed by atoms with Crippen LogP contribution in [0.1, 0.15) is 42.9 Å². The van der Waals surface area contributed by atoms with Crippen molar-refractivity contribution in [1.82, 2.24) is 9.78 Å². The smallest absolute Gasteiger partial charge is 0.297 e. The lowest BCUT2D eigenvalue weighted by molar-refractivity contribution is -0.137. The Morgan fingerprint density at radius 1 is 1.14 bits per heavy atom. The molecule has 21 heavy (non-hydrogen) atoms. The van der Waals surface area contributed by atoms with Crippen LogP contribution in [0.2, 0.25) is 0 Å². The molecule has 0 radical (unpaired) electrons. The van der Waals surface area contributed by atoms with Crippen molar-refractivity contribution in [2.45, 2.75) is 37.8 Å². The number of nitrogens with zero attached hydrogens (tertiary/aromatic N) is 1. The standard InChI is InChI=1S/C15H15F3N2S/c16-15(17,18)11-6-3-7-12(8-11)20-14(21)9-13(19-20)10-4-1-2-5-10/h3,6-10,19H,1-2,4-5H2. The van der Waals surface area contributed by atoms with E-state index in [4.69, 9.17) is 12.2 Å². The van der Waals surface area contributed by atoms with Crippen molar-refractivity contribution in [2.75, 3.05) is 0 Å². The van der Waals surface area contributed by atoms with E-state index < -0.39 is 11.7 Å². The van der Waals surface area contributed by atoms with Gasteiger partial charge in [-0.25, -0.2) is 4.68 Å². The molecule has 2 nitrogen and oxygen atoms in total. The van der Waals surface area contributed by atoms with E-state index >= 15 is 0 Å². The van der Waals surface area contributed by atoms with Gasteiger partial charge in [-0.2, -0.15) is 13.2 Å². The third-order valence-electron chi connectivity index (χ3n) is 3.97. The normalized spacial score (nSPS) is 16.5. The van der Waals surface area contributed by atoms with E-state index in [9.17, 15) is 13.2 Å². The Bertz CT molecular complexity index is 693. The van der Waals surface area contributed by atoms with Gasteiger partial charge in [-0.15, -0.1) is 0 Å². The lowest BCUT2D eigenvalue weighted by Crippen LogP contribution is -2.07. The second kappa shape index (κ2) is 5.33. The quantitative estimate of drug-likeness (QED) is 0.755. The van der Waals surface area contributed by atoms with Gasteiger partial charge < -0.3 is 0 Å². The van der Waals surface area contributed by atoms with Crippen LogP contribution in [-0.4, -0.2) is 9.78 Å². The van der Waals surface area contributed by atoms with E-state index in [0.29, 0.717) is 16.2 Å². The highest BCUT2D eigenvalue weighted by atomic mass is 32.1. The number of aromatic amines is 1. The number of hydrogen-bond donors (Lipinski definition) is 1. The Kier molecular flexibility index (Phi) is 3.65. The summed E-state index contributed by atoms with van der Waals surface area (Å²) in [5.74, 6) is 0.443. The van der Waals surface area contributed by atoms with E-state index in [0.717, 1.165) is 30.7 Å². The number of hydrogen-bond acceptors (Lipinski definition) is 1. The summed E-state index contributed by atoms with van der Waals surface area (Å²) in [7, 11) is 0. The number of halogens is 3. The average Bonchev–Trinajstić information content (AvgIpc) is 3.07. The average molecular weight is 312 g/mol. The maximum absolute atomic E-state index is 12.8. The summed E-state index contributed by atoms with van der Waals surface area (Å²) in [6, 6.07) is 7.07. The monoisotopic (exact) mass is 312 g/mol. The first-order valence-corrected chi connectivity index (χ1v) is 7.35. The van der Waals surface area contributed by atoms with E-state index in [1.807, 2.05) is 6.07 Å². The summed E-state index contributed by atoms with van der Waals surface area (Å²) in [4.78, 5) is 0. The molecule has 0 unspecified atom stereocenters. The third kappa shape index (κ3) is 2.90. The second-order valence-electron chi connectivity index (χ2n) is 5.41. The maximum Gasteiger partial charge on any atom is 0.416 e. The molecule has 0 spiro atoms. The molecule has 112 valence electrons. The van der Waals surface area contributed by atoms with Crippen LogP contribution in [0.15, 0.2) is 30.3 Å². The summed E-state index contributed by atoms with van der Waals surface area (Å²) >= 11 is 5.28. The van der Waals surface area contributed by atoms with Crippen LogP contribution in [0.3, 0.4) is 0 Å². The molecule has 1 heterocycles. The number of nitrogens with one attached hydrogen (secondary N) is 1. The van der Waals surface area contributed by atoms with Crippen molar-refractivity contribution in [1.29, 1.82) is 0 Å². The first-order valence-electron chi connectivity index (χ1n) is 6.95. The Hall–Kier alpha value is -1.56. The second-order valence-corrected chi connectivity index (χ2v) is 5.83. The van der Waals surface area contributed by atoms with Crippen LogP contribution in [-0.2, 0) is 6.18 Å². The number of benzene rings is 1. The van der Waals surface area contributed by atoms with E-state index in [1.54, 1.807) is 10.7 Å². The summed E-state index contributed by atoms with van der Waals surface area (Å²) < 4.78 is 40.4. The molecule has 1 aliphatic carbocycles. The number of rotatable bonds is 2. The fourth-order valence-electron chi connectivity index (χ4n) is 2.87. The molecule has 3 rings (SSSR count). The molecular weight excluding hydrogens is 297 g/mol. The molecule has 1 aromatic carbocycles. The van der Waals surface area contributed by atoms with Gasteiger partial charge in [0, 0.05) is 11.6 Å². The van der Waals surface area contributed by atoms with Crippen molar-refractivity contribution in [3.05, 3.63) is 46.2 Å². The fraction of sp³-hybridized carbons (Fsp3) is 0.400. The summed E-state index contributed by atoms with van der Waals surface area (Å²) in [6.07, 6.45) is 0.259. The minimum absolute atomic E-state index is 0.416. The molecule has 2 aromatic rings. The molecule has 6 heteroatoms. The van der Waals surface area contributed by atoms with Crippen molar-refractivity contribution in [3.8, 4) is 5.69 Å². The topological polar surface area (TPSA) is 20.7 Å². The summed E-state index contributed by atoms with van der Waals surface area (Å²) in [6.45, 7) is 0. The van der Waals surface area contributed by atoms with Crippen LogP contribution >= 0.6 is 12.2 Å². The Morgan fingerprint density at radius 2 is 1.86 bits per heavy atom. The zero-order chi connectivity index (χ0) is 15.0. The van der Waals surface area contributed by atoms with Gasteiger partial charge in [0.05, 0.1) is 11.3 Å². The first-order chi connectivity index (χ1) is 9.95. The maximum atomic E-state index is 12.8. The molecule has 1 aliphatic rings. The van der Waals surface area contributed by atoms with Crippen LogP contribution in [0.4, 0.5) is 13.2 Å². The van der Waals surface area contributed by atoms with E-state index in [1.165, 1.54) is 18.9 Å². The zero-order valence-corrected chi connectivity index (χ0v) is 12.1. The summed E-state index contributed by atoms with van der Waals surface area (Å²) in [5.41, 5.74) is 0.771.